The van der Waals surface area contributed by atoms with Crippen molar-refractivity contribution in [3.05, 3.63) is 18.4 Å². The third-order valence-corrected chi connectivity index (χ3v) is 1.61. The van der Waals surface area contributed by atoms with Crippen LogP contribution in [0, 0.1) is 0 Å². The van der Waals surface area contributed by atoms with Crippen LogP contribution in [0.25, 0.3) is 0 Å². The van der Waals surface area contributed by atoms with Crippen molar-refractivity contribution < 1.29 is 9.21 Å². The number of ketones is 1. The van der Waals surface area contributed by atoms with Crippen molar-refractivity contribution in [2.75, 3.05) is 0 Å². The van der Waals surface area contributed by atoms with Gasteiger partial charge in [-0.15, -0.1) is 0 Å². The van der Waals surface area contributed by atoms with Crippen molar-refractivity contribution >= 4 is 5.78 Å². The molecule has 1 aromatic rings. The molecule has 1 atom stereocenters. The number of hydrogen-bond donors (Lipinski definition) is 1. The molecule has 4 heteroatoms. The van der Waals surface area contributed by atoms with Crippen molar-refractivity contribution in [2.45, 2.75) is 25.8 Å². The van der Waals surface area contributed by atoms with Gasteiger partial charge in [0.1, 0.15) is 0 Å². The van der Waals surface area contributed by atoms with Crippen molar-refractivity contribution in [3.63, 3.8) is 0 Å². The second-order valence-corrected chi connectivity index (χ2v) is 2.63. The predicted molar refractivity (Wildman–Crippen MR) is 43.7 cm³/mol. The average molecular weight is 168 g/mol. The van der Waals surface area contributed by atoms with Gasteiger partial charge in [-0.25, -0.2) is 4.98 Å². The molecule has 1 aromatic heterocycles. The van der Waals surface area contributed by atoms with Gasteiger partial charge >= 0.3 is 0 Å². The molecule has 2 N–H and O–H groups in total. The molecule has 4 nitrogen and oxygen atoms in total. The Morgan fingerprint density at radius 2 is 2.58 bits per heavy atom. The van der Waals surface area contributed by atoms with Crippen molar-refractivity contribution in [2.24, 2.45) is 5.73 Å². The van der Waals surface area contributed by atoms with Crippen LogP contribution in [0.2, 0.25) is 0 Å². The van der Waals surface area contributed by atoms with Crippen LogP contribution in [-0.2, 0) is 0 Å². The van der Waals surface area contributed by atoms with E-state index in [2.05, 4.69) is 4.98 Å². The quantitative estimate of drug-likeness (QED) is 0.680. The van der Waals surface area contributed by atoms with Gasteiger partial charge in [-0.05, 0) is 6.42 Å². The Bertz CT molecular complexity index is 244. The molecule has 0 saturated carbocycles. The zero-order chi connectivity index (χ0) is 8.97. The van der Waals surface area contributed by atoms with E-state index in [1.807, 2.05) is 6.92 Å². The number of carbonyl (C=O) groups is 1. The highest BCUT2D eigenvalue weighted by molar-refractivity contribution is 5.97. The van der Waals surface area contributed by atoms with Crippen LogP contribution >= 0.6 is 0 Å². The first-order valence-electron chi connectivity index (χ1n) is 3.94. The second kappa shape index (κ2) is 4.01. The Morgan fingerprint density at radius 3 is 3.08 bits per heavy atom. The SMILES string of the molecule is CCCC(N)C(=O)c1cnco1. The predicted octanol–water partition coefficient (Wildman–Crippen LogP) is 0.985. The van der Waals surface area contributed by atoms with E-state index in [1.54, 1.807) is 0 Å². The first kappa shape index (κ1) is 8.93. The summed E-state index contributed by atoms with van der Waals surface area (Å²) in [4.78, 5) is 15.0. The minimum atomic E-state index is -0.456. The summed E-state index contributed by atoms with van der Waals surface area (Å²) in [5.41, 5.74) is 5.58. The molecule has 0 radical (unpaired) electrons. The van der Waals surface area contributed by atoms with Crippen LogP contribution in [0.5, 0.6) is 0 Å². The van der Waals surface area contributed by atoms with Gasteiger partial charge in [0.2, 0.25) is 5.78 Å². The van der Waals surface area contributed by atoms with Crippen molar-refractivity contribution in [1.29, 1.82) is 0 Å². The summed E-state index contributed by atoms with van der Waals surface area (Å²) in [6.07, 6.45) is 4.18. The number of nitrogens with two attached hydrogens (primary N) is 1. The lowest BCUT2D eigenvalue weighted by Crippen LogP contribution is -2.29. The highest BCUT2D eigenvalue weighted by atomic mass is 16.3. The Hall–Kier alpha value is -1.16. The molecule has 0 aliphatic heterocycles. The minimum absolute atomic E-state index is 0.172. The van der Waals surface area contributed by atoms with E-state index in [4.69, 9.17) is 10.2 Å². The smallest absolute Gasteiger partial charge is 0.216 e. The molecule has 66 valence electrons. The van der Waals surface area contributed by atoms with Gasteiger partial charge in [0.25, 0.3) is 0 Å². The van der Waals surface area contributed by atoms with Gasteiger partial charge in [-0.1, -0.05) is 13.3 Å². The standard InChI is InChI=1S/C8H12N2O2/c1-2-3-6(9)8(11)7-4-10-5-12-7/h4-6H,2-3,9H2,1H3. The normalized spacial score (nSPS) is 12.8. The van der Waals surface area contributed by atoms with Crippen molar-refractivity contribution in [3.8, 4) is 0 Å². The van der Waals surface area contributed by atoms with Gasteiger partial charge in [0, 0.05) is 0 Å². The molecule has 0 amide bonds. The van der Waals surface area contributed by atoms with E-state index in [9.17, 15) is 4.79 Å². The maximum atomic E-state index is 11.3. The lowest BCUT2D eigenvalue weighted by atomic mass is 10.1. The zero-order valence-electron chi connectivity index (χ0n) is 6.99. The van der Waals surface area contributed by atoms with Gasteiger partial charge < -0.3 is 10.2 Å². The summed E-state index contributed by atoms with van der Waals surface area (Å²) >= 11 is 0. The van der Waals surface area contributed by atoms with E-state index in [0.717, 1.165) is 6.42 Å². The number of carbonyl (C=O) groups excluding carboxylic acids is 1. The summed E-state index contributed by atoms with van der Waals surface area (Å²) in [6, 6.07) is -0.456. The molecule has 1 heterocycles. The molecule has 1 unspecified atom stereocenters. The molecule has 12 heavy (non-hydrogen) atoms. The zero-order valence-corrected chi connectivity index (χ0v) is 6.99. The van der Waals surface area contributed by atoms with E-state index >= 15 is 0 Å². The molecule has 0 aromatic carbocycles. The number of rotatable bonds is 4. The summed E-state index contributed by atoms with van der Waals surface area (Å²) in [5.74, 6) is 0.0744. The third kappa shape index (κ3) is 1.92. The Kier molecular flexibility index (Phi) is 2.99. The molecule has 0 spiro atoms. The molecule has 0 aliphatic carbocycles. The van der Waals surface area contributed by atoms with E-state index in [-0.39, 0.29) is 11.5 Å². The van der Waals surface area contributed by atoms with Gasteiger partial charge in [0.15, 0.2) is 12.2 Å². The number of aromatic nitrogens is 1. The van der Waals surface area contributed by atoms with Crippen LogP contribution in [0.15, 0.2) is 17.0 Å². The summed E-state index contributed by atoms with van der Waals surface area (Å²) in [5, 5.41) is 0. The summed E-state index contributed by atoms with van der Waals surface area (Å²) in [6.45, 7) is 1.98. The highest BCUT2D eigenvalue weighted by Crippen LogP contribution is 2.04. The van der Waals surface area contributed by atoms with E-state index < -0.39 is 6.04 Å². The molecule has 0 aliphatic rings. The lowest BCUT2D eigenvalue weighted by Gasteiger charge is -2.04. The Morgan fingerprint density at radius 1 is 1.83 bits per heavy atom. The van der Waals surface area contributed by atoms with Crippen LogP contribution in [0.3, 0.4) is 0 Å². The topological polar surface area (TPSA) is 69.1 Å². The number of hydrogen-bond acceptors (Lipinski definition) is 4. The average Bonchev–Trinajstić information content (AvgIpc) is 2.55. The van der Waals surface area contributed by atoms with Gasteiger partial charge in [0.05, 0.1) is 12.2 Å². The Labute approximate surface area is 70.8 Å². The second-order valence-electron chi connectivity index (χ2n) is 2.63. The number of oxazole rings is 1. The summed E-state index contributed by atoms with van der Waals surface area (Å²) in [7, 11) is 0. The maximum absolute atomic E-state index is 11.3. The van der Waals surface area contributed by atoms with E-state index in [1.165, 1.54) is 12.6 Å². The first-order chi connectivity index (χ1) is 5.75. The monoisotopic (exact) mass is 168 g/mol. The molecule has 0 bridgehead atoms. The number of Topliss-reactive ketones (excluding diaryl/α,β-unsaturated/α-hetero) is 1. The third-order valence-electron chi connectivity index (χ3n) is 1.61. The molecule has 0 saturated heterocycles. The highest BCUT2D eigenvalue weighted by Gasteiger charge is 2.17. The fraction of sp³-hybridized carbons (Fsp3) is 0.500. The molecular weight excluding hydrogens is 156 g/mol. The van der Waals surface area contributed by atoms with Crippen molar-refractivity contribution in [1.82, 2.24) is 4.98 Å². The summed E-state index contributed by atoms with van der Waals surface area (Å²) < 4.78 is 4.82. The molecule has 0 fully saturated rings. The van der Waals surface area contributed by atoms with Gasteiger partial charge in [-0.3, -0.25) is 4.79 Å². The molecule has 1 rings (SSSR count). The van der Waals surface area contributed by atoms with Crippen LogP contribution in [0.4, 0.5) is 0 Å². The van der Waals surface area contributed by atoms with Gasteiger partial charge in [-0.2, -0.15) is 0 Å². The fourth-order valence-electron chi connectivity index (χ4n) is 0.962. The van der Waals surface area contributed by atoms with Crippen LogP contribution in [-0.4, -0.2) is 16.8 Å². The lowest BCUT2D eigenvalue weighted by molar-refractivity contribution is 0.0929. The molecular formula is C8H12N2O2. The first-order valence-corrected chi connectivity index (χ1v) is 3.94. The maximum Gasteiger partial charge on any atom is 0.216 e. The van der Waals surface area contributed by atoms with E-state index in [0.29, 0.717) is 6.42 Å². The number of nitrogens with zero attached hydrogens (tertiary/aromatic N) is 1. The Balaban J connectivity index is 2.59. The van der Waals surface area contributed by atoms with Crippen LogP contribution < -0.4 is 5.73 Å². The largest absolute Gasteiger partial charge is 0.440 e. The fourth-order valence-corrected chi connectivity index (χ4v) is 0.962. The minimum Gasteiger partial charge on any atom is -0.440 e. The van der Waals surface area contributed by atoms with Crippen LogP contribution in [0.1, 0.15) is 30.3 Å².